The molecule has 0 amide bonds. The number of hydrogen-bond donors (Lipinski definition) is 0. The minimum atomic E-state index is -0.201. The summed E-state index contributed by atoms with van der Waals surface area (Å²) in [5, 5.41) is 0. The van der Waals surface area contributed by atoms with Crippen LogP contribution in [0.4, 0.5) is 0 Å². The monoisotopic (exact) mass is 238 g/mol. The van der Waals surface area contributed by atoms with Crippen LogP contribution >= 0.6 is 0 Å². The molecule has 1 saturated carbocycles. The van der Waals surface area contributed by atoms with Crippen LogP contribution < -0.4 is 0 Å². The first-order chi connectivity index (χ1) is 8.19. The molecular weight excluding hydrogens is 220 g/mol. The van der Waals surface area contributed by atoms with Gasteiger partial charge in [-0.05, 0) is 18.3 Å². The molecule has 2 aliphatic carbocycles. The highest BCUT2D eigenvalue weighted by molar-refractivity contribution is 5.92. The maximum atomic E-state index is 12.0. The fourth-order valence-electron chi connectivity index (χ4n) is 3.18. The molecule has 4 nitrogen and oxygen atoms in total. The van der Waals surface area contributed by atoms with E-state index in [1.807, 2.05) is 0 Å². The summed E-state index contributed by atoms with van der Waals surface area (Å²) in [6, 6.07) is 0. The summed E-state index contributed by atoms with van der Waals surface area (Å²) in [4.78, 5) is 24.0. The van der Waals surface area contributed by atoms with E-state index in [1.165, 1.54) is 14.2 Å². The molecular formula is C13H18O4. The van der Waals surface area contributed by atoms with Crippen molar-refractivity contribution in [1.82, 2.24) is 0 Å². The first kappa shape index (κ1) is 12.5. The summed E-state index contributed by atoms with van der Waals surface area (Å²) in [5.41, 5.74) is 0. The Morgan fingerprint density at radius 2 is 1.41 bits per heavy atom. The summed E-state index contributed by atoms with van der Waals surface area (Å²) in [6.45, 7) is 0.191. The van der Waals surface area contributed by atoms with E-state index in [1.54, 1.807) is 0 Å². The number of carbonyl (C=O) groups excluding carboxylic acids is 2. The van der Waals surface area contributed by atoms with Crippen molar-refractivity contribution in [3.63, 3.8) is 0 Å². The van der Waals surface area contributed by atoms with Crippen molar-refractivity contribution in [2.24, 2.45) is 23.7 Å². The molecule has 94 valence electrons. The van der Waals surface area contributed by atoms with E-state index in [0.29, 0.717) is 0 Å². The Bertz CT molecular complexity index is 315. The lowest BCUT2D eigenvalue weighted by molar-refractivity contribution is -0.136. The third-order valence-electron chi connectivity index (χ3n) is 3.78. The predicted molar refractivity (Wildman–Crippen MR) is 61.5 cm³/mol. The highest BCUT2D eigenvalue weighted by Gasteiger charge is 2.50. The van der Waals surface area contributed by atoms with Gasteiger partial charge in [-0.2, -0.15) is 0 Å². The van der Waals surface area contributed by atoms with Crippen LogP contribution in [0.3, 0.4) is 0 Å². The molecule has 17 heavy (non-hydrogen) atoms. The molecule has 1 fully saturated rings. The van der Waals surface area contributed by atoms with Gasteiger partial charge in [0.1, 0.15) is 13.2 Å². The zero-order chi connectivity index (χ0) is 12.4. The Hall–Kier alpha value is -1.00. The first-order valence-corrected chi connectivity index (χ1v) is 5.90. The van der Waals surface area contributed by atoms with Gasteiger partial charge in [0.25, 0.3) is 0 Å². The Balaban J connectivity index is 2.14. The number of allylic oxidation sites excluding steroid dienone is 2. The van der Waals surface area contributed by atoms with Gasteiger partial charge in [-0.25, -0.2) is 0 Å². The molecule has 0 unspecified atom stereocenters. The van der Waals surface area contributed by atoms with E-state index in [9.17, 15) is 9.59 Å². The molecule has 0 aromatic carbocycles. The number of methoxy groups -OCH3 is 2. The molecule has 0 N–H and O–H groups in total. The van der Waals surface area contributed by atoms with Crippen molar-refractivity contribution in [3.8, 4) is 0 Å². The van der Waals surface area contributed by atoms with Gasteiger partial charge in [0, 0.05) is 26.1 Å². The zero-order valence-electron chi connectivity index (χ0n) is 10.2. The largest absolute Gasteiger partial charge is 0.377 e. The van der Waals surface area contributed by atoms with Crippen LogP contribution in [0.1, 0.15) is 6.42 Å². The SMILES string of the molecule is COCC(=O)[C@H]1[C@H](C(=O)COC)[C@H]2C=C[C@@H]1C2. The van der Waals surface area contributed by atoms with Crippen molar-refractivity contribution in [2.75, 3.05) is 27.4 Å². The molecule has 2 aliphatic rings. The molecule has 0 aromatic rings. The maximum absolute atomic E-state index is 12.0. The standard InChI is InChI=1S/C13H18O4/c1-16-6-10(14)12-8-3-4-9(5-8)13(12)11(15)7-17-2/h3-4,8-9,12-13H,5-7H2,1-2H3/t8-,9+,12-,13-/m0/s1. The van der Waals surface area contributed by atoms with E-state index < -0.39 is 0 Å². The van der Waals surface area contributed by atoms with Gasteiger partial charge >= 0.3 is 0 Å². The molecule has 4 heteroatoms. The average Bonchev–Trinajstić information content (AvgIpc) is 2.89. The molecule has 4 atom stereocenters. The Morgan fingerprint density at radius 3 is 1.76 bits per heavy atom. The van der Waals surface area contributed by atoms with Gasteiger partial charge in [0.05, 0.1) is 0 Å². The number of Topliss-reactive ketones (excluding diaryl/α,β-unsaturated/α-hetero) is 2. The summed E-state index contributed by atoms with van der Waals surface area (Å²) in [7, 11) is 3.01. The van der Waals surface area contributed by atoms with Gasteiger partial charge in [-0.1, -0.05) is 12.2 Å². The number of hydrogen-bond acceptors (Lipinski definition) is 4. The number of ketones is 2. The molecule has 0 aliphatic heterocycles. The molecule has 0 aromatic heterocycles. The summed E-state index contributed by atoms with van der Waals surface area (Å²) in [5.74, 6) is 0.111. The Morgan fingerprint density at radius 1 is 1.00 bits per heavy atom. The van der Waals surface area contributed by atoms with Crippen LogP contribution in [0.15, 0.2) is 12.2 Å². The quantitative estimate of drug-likeness (QED) is 0.644. The molecule has 0 saturated heterocycles. The molecule has 2 rings (SSSR count). The lowest BCUT2D eigenvalue weighted by atomic mass is 9.78. The number of fused-ring (bicyclic) bond motifs is 2. The van der Waals surface area contributed by atoms with Crippen LogP contribution in [0, 0.1) is 23.7 Å². The lowest BCUT2D eigenvalue weighted by Gasteiger charge is -2.25. The van der Waals surface area contributed by atoms with E-state index >= 15 is 0 Å². The minimum absolute atomic E-state index is 0.0406. The van der Waals surface area contributed by atoms with Crippen LogP contribution in [-0.4, -0.2) is 39.0 Å². The zero-order valence-corrected chi connectivity index (χ0v) is 10.2. The normalized spacial score (nSPS) is 34.2. The van der Waals surface area contributed by atoms with E-state index in [4.69, 9.17) is 9.47 Å². The molecule has 0 heterocycles. The fourth-order valence-corrected chi connectivity index (χ4v) is 3.18. The van der Waals surface area contributed by atoms with Gasteiger partial charge in [0.2, 0.25) is 0 Å². The highest BCUT2D eigenvalue weighted by Crippen LogP contribution is 2.48. The average molecular weight is 238 g/mol. The van der Waals surface area contributed by atoms with Crippen LogP contribution in [0.5, 0.6) is 0 Å². The Kier molecular flexibility index (Phi) is 3.74. The van der Waals surface area contributed by atoms with Crippen LogP contribution in [-0.2, 0) is 19.1 Å². The van der Waals surface area contributed by atoms with Gasteiger partial charge in [0.15, 0.2) is 11.6 Å². The predicted octanol–water partition coefficient (Wildman–Crippen LogP) is 0.856. The third kappa shape index (κ3) is 2.19. The van der Waals surface area contributed by atoms with Gasteiger partial charge in [-0.3, -0.25) is 9.59 Å². The highest BCUT2D eigenvalue weighted by atomic mass is 16.5. The number of ether oxygens (including phenoxy) is 2. The fraction of sp³-hybridized carbons (Fsp3) is 0.692. The summed E-state index contributed by atoms with van der Waals surface area (Å²) >= 11 is 0. The molecule has 2 bridgehead atoms. The summed E-state index contributed by atoms with van der Waals surface area (Å²) in [6.07, 6.45) is 5.05. The van der Waals surface area contributed by atoms with Crippen molar-refractivity contribution in [1.29, 1.82) is 0 Å². The van der Waals surface area contributed by atoms with E-state index in [0.717, 1.165) is 6.42 Å². The maximum Gasteiger partial charge on any atom is 0.162 e. The minimum Gasteiger partial charge on any atom is -0.377 e. The van der Waals surface area contributed by atoms with Gasteiger partial charge < -0.3 is 9.47 Å². The van der Waals surface area contributed by atoms with Crippen LogP contribution in [0.2, 0.25) is 0 Å². The van der Waals surface area contributed by atoms with E-state index in [-0.39, 0.29) is 48.5 Å². The summed E-state index contributed by atoms with van der Waals surface area (Å²) < 4.78 is 9.79. The first-order valence-electron chi connectivity index (χ1n) is 5.90. The second kappa shape index (κ2) is 5.10. The molecule has 0 radical (unpaired) electrons. The third-order valence-corrected chi connectivity index (χ3v) is 3.78. The smallest absolute Gasteiger partial charge is 0.162 e. The van der Waals surface area contributed by atoms with Gasteiger partial charge in [-0.15, -0.1) is 0 Å². The van der Waals surface area contributed by atoms with Crippen molar-refractivity contribution in [3.05, 3.63) is 12.2 Å². The topological polar surface area (TPSA) is 52.6 Å². The Labute approximate surface area is 101 Å². The van der Waals surface area contributed by atoms with Crippen LogP contribution in [0.25, 0.3) is 0 Å². The second-order valence-corrected chi connectivity index (χ2v) is 4.80. The number of carbonyl (C=O) groups is 2. The number of rotatable bonds is 6. The van der Waals surface area contributed by atoms with Crippen molar-refractivity contribution < 1.29 is 19.1 Å². The molecule has 0 spiro atoms. The lowest BCUT2D eigenvalue weighted by Crippen LogP contribution is -2.36. The second-order valence-electron chi connectivity index (χ2n) is 4.80. The van der Waals surface area contributed by atoms with Crippen molar-refractivity contribution in [2.45, 2.75) is 6.42 Å². The van der Waals surface area contributed by atoms with E-state index in [2.05, 4.69) is 12.2 Å². The van der Waals surface area contributed by atoms with Crippen molar-refractivity contribution >= 4 is 11.6 Å².